The fourth-order valence-corrected chi connectivity index (χ4v) is 2.22. The lowest BCUT2D eigenvalue weighted by Gasteiger charge is -2.17. The van der Waals surface area contributed by atoms with Gasteiger partial charge in [-0.05, 0) is 26.7 Å². The number of hydrogen-bond acceptors (Lipinski definition) is 3. The van der Waals surface area contributed by atoms with Gasteiger partial charge in [0.15, 0.2) is 0 Å². The Kier molecular flexibility index (Phi) is 2.54. The van der Waals surface area contributed by atoms with Crippen LogP contribution in [-0.4, -0.2) is 20.8 Å². The molecular formula is C10H18N4. The Morgan fingerprint density at radius 2 is 2.29 bits per heavy atom. The number of nitrogens with zero attached hydrogens (tertiary/aromatic N) is 3. The van der Waals surface area contributed by atoms with Gasteiger partial charge >= 0.3 is 0 Å². The molecule has 0 radical (unpaired) electrons. The fraction of sp³-hybridized carbons (Fsp3) is 0.800. The predicted molar refractivity (Wildman–Crippen MR) is 55.0 cm³/mol. The molecule has 2 N–H and O–H groups in total. The van der Waals surface area contributed by atoms with Crippen LogP contribution < -0.4 is 5.73 Å². The number of nitrogens with two attached hydrogens (primary N) is 1. The standard InChI is InChI=1S/C10H18N4/c1-7(2)14-6-12-13-10(14)8-4-3-5-9(8)11/h6-9H,3-5,11H2,1-2H3. The molecule has 0 aliphatic heterocycles. The fourth-order valence-electron chi connectivity index (χ4n) is 2.22. The van der Waals surface area contributed by atoms with Crippen LogP contribution in [0.15, 0.2) is 6.33 Å². The molecule has 0 bridgehead atoms. The van der Waals surface area contributed by atoms with Crippen molar-refractivity contribution in [3.8, 4) is 0 Å². The van der Waals surface area contributed by atoms with Crippen molar-refractivity contribution in [2.24, 2.45) is 5.73 Å². The van der Waals surface area contributed by atoms with Gasteiger partial charge in [0.25, 0.3) is 0 Å². The number of hydrogen-bond donors (Lipinski definition) is 1. The van der Waals surface area contributed by atoms with Crippen molar-refractivity contribution in [2.45, 2.75) is 51.1 Å². The molecule has 1 aromatic rings. The van der Waals surface area contributed by atoms with Crippen LogP contribution in [0.4, 0.5) is 0 Å². The molecular weight excluding hydrogens is 176 g/mol. The van der Waals surface area contributed by atoms with E-state index in [1.165, 1.54) is 6.42 Å². The first-order valence-electron chi connectivity index (χ1n) is 5.35. The van der Waals surface area contributed by atoms with Gasteiger partial charge in [-0.25, -0.2) is 0 Å². The van der Waals surface area contributed by atoms with Gasteiger partial charge in [-0.1, -0.05) is 6.42 Å². The van der Waals surface area contributed by atoms with E-state index >= 15 is 0 Å². The van der Waals surface area contributed by atoms with Crippen LogP contribution in [0.5, 0.6) is 0 Å². The average molecular weight is 194 g/mol. The lowest BCUT2D eigenvalue weighted by atomic mass is 10.0. The molecule has 4 nitrogen and oxygen atoms in total. The van der Waals surface area contributed by atoms with E-state index in [-0.39, 0.29) is 6.04 Å². The van der Waals surface area contributed by atoms with Gasteiger partial charge in [0.2, 0.25) is 0 Å². The Labute approximate surface area is 84.5 Å². The van der Waals surface area contributed by atoms with E-state index in [1.807, 2.05) is 6.33 Å². The highest BCUT2D eigenvalue weighted by Crippen LogP contribution is 2.32. The van der Waals surface area contributed by atoms with E-state index in [9.17, 15) is 0 Å². The molecule has 14 heavy (non-hydrogen) atoms. The monoisotopic (exact) mass is 194 g/mol. The van der Waals surface area contributed by atoms with Crippen LogP contribution >= 0.6 is 0 Å². The second kappa shape index (κ2) is 3.69. The molecule has 0 amide bonds. The van der Waals surface area contributed by atoms with Crippen LogP contribution in [0.25, 0.3) is 0 Å². The van der Waals surface area contributed by atoms with Crippen LogP contribution in [-0.2, 0) is 0 Å². The third kappa shape index (κ3) is 1.54. The van der Waals surface area contributed by atoms with Crippen molar-refractivity contribution in [1.29, 1.82) is 0 Å². The predicted octanol–water partition coefficient (Wildman–Crippen LogP) is 1.45. The molecule has 1 saturated carbocycles. The zero-order valence-corrected chi connectivity index (χ0v) is 8.85. The Balaban J connectivity index is 2.26. The van der Waals surface area contributed by atoms with E-state index in [0.29, 0.717) is 12.0 Å². The zero-order valence-electron chi connectivity index (χ0n) is 8.85. The maximum atomic E-state index is 6.06. The Hall–Kier alpha value is -0.900. The molecule has 0 aromatic carbocycles. The van der Waals surface area contributed by atoms with Gasteiger partial charge < -0.3 is 10.3 Å². The van der Waals surface area contributed by atoms with E-state index in [4.69, 9.17) is 5.73 Å². The van der Waals surface area contributed by atoms with Crippen molar-refractivity contribution in [2.75, 3.05) is 0 Å². The molecule has 1 aliphatic rings. The first-order valence-corrected chi connectivity index (χ1v) is 5.35. The van der Waals surface area contributed by atoms with Crippen LogP contribution in [0.2, 0.25) is 0 Å². The second-order valence-corrected chi connectivity index (χ2v) is 4.39. The zero-order chi connectivity index (χ0) is 10.1. The summed E-state index contributed by atoms with van der Waals surface area (Å²) in [7, 11) is 0. The average Bonchev–Trinajstić information content (AvgIpc) is 2.70. The van der Waals surface area contributed by atoms with Crippen molar-refractivity contribution in [3.05, 3.63) is 12.2 Å². The SMILES string of the molecule is CC(C)n1cnnc1C1CCCC1N. The lowest BCUT2D eigenvalue weighted by Crippen LogP contribution is -2.25. The summed E-state index contributed by atoms with van der Waals surface area (Å²) in [5, 5.41) is 8.18. The van der Waals surface area contributed by atoms with Crippen molar-refractivity contribution in [3.63, 3.8) is 0 Å². The molecule has 1 heterocycles. The van der Waals surface area contributed by atoms with Crippen LogP contribution in [0.1, 0.15) is 50.9 Å². The second-order valence-electron chi connectivity index (χ2n) is 4.39. The Morgan fingerprint density at radius 1 is 1.50 bits per heavy atom. The van der Waals surface area contributed by atoms with Gasteiger partial charge in [0, 0.05) is 18.0 Å². The largest absolute Gasteiger partial charge is 0.327 e. The highest BCUT2D eigenvalue weighted by molar-refractivity contribution is 5.05. The van der Waals surface area contributed by atoms with Crippen molar-refractivity contribution < 1.29 is 0 Å². The molecule has 4 heteroatoms. The number of rotatable bonds is 2. The van der Waals surface area contributed by atoms with Crippen LogP contribution in [0, 0.1) is 0 Å². The smallest absolute Gasteiger partial charge is 0.137 e. The molecule has 1 aliphatic carbocycles. The minimum atomic E-state index is 0.275. The topological polar surface area (TPSA) is 56.7 Å². The van der Waals surface area contributed by atoms with Crippen LogP contribution in [0.3, 0.4) is 0 Å². The highest BCUT2D eigenvalue weighted by Gasteiger charge is 2.29. The van der Waals surface area contributed by atoms with Gasteiger partial charge in [-0.2, -0.15) is 0 Å². The maximum Gasteiger partial charge on any atom is 0.137 e. The number of aromatic nitrogens is 3. The summed E-state index contributed by atoms with van der Waals surface area (Å²) in [5.41, 5.74) is 6.06. The minimum absolute atomic E-state index is 0.275. The van der Waals surface area contributed by atoms with E-state index in [2.05, 4.69) is 28.6 Å². The first kappa shape index (κ1) is 9.65. The van der Waals surface area contributed by atoms with Crippen molar-refractivity contribution in [1.82, 2.24) is 14.8 Å². The van der Waals surface area contributed by atoms with Gasteiger partial charge in [0.05, 0.1) is 0 Å². The molecule has 78 valence electrons. The summed E-state index contributed by atoms with van der Waals surface area (Å²) in [6.07, 6.45) is 5.31. The quantitative estimate of drug-likeness (QED) is 0.775. The summed E-state index contributed by atoms with van der Waals surface area (Å²) in [5.74, 6) is 1.49. The molecule has 2 rings (SSSR count). The van der Waals surface area contributed by atoms with E-state index in [0.717, 1.165) is 18.7 Å². The minimum Gasteiger partial charge on any atom is -0.327 e. The molecule has 2 atom stereocenters. The molecule has 2 unspecified atom stereocenters. The van der Waals surface area contributed by atoms with Gasteiger partial charge in [-0.15, -0.1) is 10.2 Å². The normalized spacial score (nSPS) is 27.4. The first-order chi connectivity index (χ1) is 6.70. The summed E-state index contributed by atoms with van der Waals surface area (Å²) in [6.45, 7) is 4.29. The molecule has 0 spiro atoms. The molecule has 0 saturated heterocycles. The summed E-state index contributed by atoms with van der Waals surface area (Å²) >= 11 is 0. The van der Waals surface area contributed by atoms with E-state index < -0.39 is 0 Å². The third-order valence-corrected chi connectivity index (χ3v) is 3.06. The molecule has 1 aromatic heterocycles. The lowest BCUT2D eigenvalue weighted by molar-refractivity contribution is 0.501. The maximum absolute atomic E-state index is 6.06. The summed E-state index contributed by atoms with van der Waals surface area (Å²) in [6, 6.07) is 0.699. The van der Waals surface area contributed by atoms with Gasteiger partial charge in [0.1, 0.15) is 12.2 Å². The highest BCUT2D eigenvalue weighted by atomic mass is 15.3. The third-order valence-electron chi connectivity index (χ3n) is 3.06. The van der Waals surface area contributed by atoms with Crippen molar-refractivity contribution >= 4 is 0 Å². The Morgan fingerprint density at radius 3 is 2.86 bits per heavy atom. The molecule has 1 fully saturated rings. The summed E-state index contributed by atoms with van der Waals surface area (Å²) < 4.78 is 2.13. The Bertz CT molecular complexity index is 305. The summed E-state index contributed by atoms with van der Waals surface area (Å²) in [4.78, 5) is 0. The van der Waals surface area contributed by atoms with Gasteiger partial charge in [-0.3, -0.25) is 0 Å². The van der Waals surface area contributed by atoms with E-state index in [1.54, 1.807) is 0 Å².